The van der Waals surface area contributed by atoms with Gasteiger partial charge in [0.25, 0.3) is 0 Å². The average molecular weight is 270 g/mol. The summed E-state index contributed by atoms with van der Waals surface area (Å²) in [7, 11) is 0. The zero-order chi connectivity index (χ0) is 13.2. The highest BCUT2D eigenvalue weighted by Gasteiger charge is 2.05. The van der Waals surface area contributed by atoms with Crippen LogP contribution in [-0.4, -0.2) is 26.4 Å². The third-order valence-corrected chi connectivity index (χ3v) is 3.74. The molecule has 0 aliphatic heterocycles. The lowest BCUT2D eigenvalue weighted by molar-refractivity contribution is -0.133. The van der Waals surface area contributed by atoms with Gasteiger partial charge in [-0.3, -0.25) is 4.79 Å². The van der Waals surface area contributed by atoms with Gasteiger partial charge in [-0.05, 0) is 6.42 Å². The molecule has 0 unspecified atom stereocenters. The first-order chi connectivity index (χ1) is 8.74. The second kappa shape index (κ2) is 9.03. The first kappa shape index (κ1) is 15.1. The van der Waals surface area contributed by atoms with Crippen LogP contribution < -0.4 is 0 Å². The summed E-state index contributed by atoms with van der Waals surface area (Å²) in [6, 6.07) is 0. The maximum Gasteiger partial charge on any atom is 0.313 e. The van der Waals surface area contributed by atoms with Gasteiger partial charge in [0.1, 0.15) is 0 Å². The maximum atomic E-state index is 10.5. The zero-order valence-electron chi connectivity index (χ0n) is 11.0. The summed E-state index contributed by atoms with van der Waals surface area (Å²) in [5, 5.41) is 9.45. The fourth-order valence-corrected chi connectivity index (χ4v) is 2.50. The largest absolute Gasteiger partial charge is 0.481 e. The van der Waals surface area contributed by atoms with Crippen LogP contribution in [0.1, 0.15) is 45.4 Å². The molecule has 1 heterocycles. The summed E-state index contributed by atoms with van der Waals surface area (Å²) >= 11 is 1.29. The van der Waals surface area contributed by atoms with Gasteiger partial charge in [0.2, 0.25) is 0 Å². The maximum absolute atomic E-state index is 10.5. The standard InChI is InChI=1S/C13H22N2O2S/c1-2-3-4-5-6-7-9-15-10-8-14-13(15)18-11-12(16)17/h8,10H,2-7,9,11H2,1H3,(H,16,17). The number of aryl methyl sites for hydroxylation is 1. The van der Waals surface area contributed by atoms with E-state index in [9.17, 15) is 4.79 Å². The lowest BCUT2D eigenvalue weighted by Crippen LogP contribution is -2.03. The van der Waals surface area contributed by atoms with Gasteiger partial charge in [0.15, 0.2) is 5.16 Å². The highest BCUT2D eigenvalue weighted by molar-refractivity contribution is 7.99. The molecule has 0 amide bonds. The van der Waals surface area contributed by atoms with Crippen molar-refractivity contribution < 1.29 is 9.90 Å². The minimum atomic E-state index is -0.797. The van der Waals surface area contributed by atoms with E-state index >= 15 is 0 Å². The normalized spacial score (nSPS) is 10.7. The van der Waals surface area contributed by atoms with E-state index in [0.717, 1.165) is 18.1 Å². The van der Waals surface area contributed by atoms with E-state index in [1.54, 1.807) is 6.20 Å². The van der Waals surface area contributed by atoms with Crippen molar-refractivity contribution in [3.8, 4) is 0 Å². The Kier molecular flexibility index (Phi) is 7.57. The van der Waals surface area contributed by atoms with E-state index in [4.69, 9.17) is 5.11 Å². The Labute approximate surface area is 113 Å². The first-order valence-corrected chi connectivity index (χ1v) is 7.58. The van der Waals surface area contributed by atoms with Gasteiger partial charge in [0, 0.05) is 18.9 Å². The van der Waals surface area contributed by atoms with E-state index in [0.29, 0.717) is 0 Å². The van der Waals surface area contributed by atoms with Crippen molar-refractivity contribution in [2.75, 3.05) is 5.75 Å². The smallest absolute Gasteiger partial charge is 0.313 e. The number of rotatable bonds is 10. The summed E-state index contributed by atoms with van der Waals surface area (Å²) in [6.45, 7) is 3.16. The molecule has 5 heteroatoms. The van der Waals surface area contributed by atoms with Crippen molar-refractivity contribution in [1.29, 1.82) is 0 Å². The number of thioether (sulfide) groups is 1. The molecule has 1 aromatic rings. The lowest BCUT2D eigenvalue weighted by Gasteiger charge is -2.06. The molecule has 18 heavy (non-hydrogen) atoms. The van der Waals surface area contributed by atoms with Gasteiger partial charge in [-0.1, -0.05) is 50.8 Å². The van der Waals surface area contributed by atoms with Gasteiger partial charge in [-0.25, -0.2) is 4.98 Å². The minimum absolute atomic E-state index is 0.0769. The predicted octanol–water partition coefficient (Wildman–Crippen LogP) is 3.42. The number of carboxylic acid groups (broad SMARTS) is 1. The van der Waals surface area contributed by atoms with Crippen molar-refractivity contribution in [1.82, 2.24) is 9.55 Å². The molecule has 0 spiro atoms. The molecule has 1 rings (SSSR count). The van der Waals surface area contributed by atoms with Gasteiger partial charge in [-0.15, -0.1) is 0 Å². The summed E-state index contributed by atoms with van der Waals surface area (Å²) in [6.07, 6.45) is 11.3. The van der Waals surface area contributed by atoms with Gasteiger partial charge in [-0.2, -0.15) is 0 Å². The predicted molar refractivity (Wildman–Crippen MR) is 74.0 cm³/mol. The van der Waals surface area contributed by atoms with Crippen LogP contribution >= 0.6 is 11.8 Å². The first-order valence-electron chi connectivity index (χ1n) is 6.59. The van der Waals surface area contributed by atoms with E-state index in [1.807, 2.05) is 10.8 Å². The molecule has 1 N–H and O–H groups in total. The summed E-state index contributed by atoms with van der Waals surface area (Å²) < 4.78 is 2.05. The highest BCUT2D eigenvalue weighted by atomic mass is 32.2. The fourth-order valence-electron chi connectivity index (χ4n) is 1.79. The quantitative estimate of drug-likeness (QED) is 0.523. The SMILES string of the molecule is CCCCCCCCn1ccnc1SCC(=O)O. The van der Waals surface area contributed by atoms with Crippen LogP contribution in [0.4, 0.5) is 0 Å². The van der Waals surface area contributed by atoms with Crippen LogP contribution in [0.2, 0.25) is 0 Å². The second-order valence-electron chi connectivity index (χ2n) is 4.35. The van der Waals surface area contributed by atoms with Crippen molar-refractivity contribution >= 4 is 17.7 Å². The molecule has 1 aromatic heterocycles. The molecule has 0 fully saturated rings. The Morgan fingerprint density at radius 2 is 2.06 bits per heavy atom. The molecule has 0 saturated heterocycles. The molecule has 0 radical (unpaired) electrons. The molecule has 0 aliphatic rings. The number of hydrogen-bond acceptors (Lipinski definition) is 3. The average Bonchev–Trinajstić information content (AvgIpc) is 2.78. The third kappa shape index (κ3) is 6.10. The number of aliphatic carboxylic acids is 1. The van der Waals surface area contributed by atoms with Crippen LogP contribution in [0.15, 0.2) is 17.6 Å². The minimum Gasteiger partial charge on any atom is -0.481 e. The number of imidazole rings is 1. The Morgan fingerprint density at radius 3 is 2.78 bits per heavy atom. The molecule has 0 aliphatic carbocycles. The van der Waals surface area contributed by atoms with Crippen molar-refractivity contribution in [3.05, 3.63) is 12.4 Å². The highest BCUT2D eigenvalue weighted by Crippen LogP contribution is 2.16. The molecular formula is C13H22N2O2S. The molecular weight excluding hydrogens is 248 g/mol. The van der Waals surface area contributed by atoms with Crippen molar-refractivity contribution in [2.24, 2.45) is 0 Å². The second-order valence-corrected chi connectivity index (χ2v) is 5.30. The number of aromatic nitrogens is 2. The summed E-state index contributed by atoms with van der Waals surface area (Å²) in [5.41, 5.74) is 0. The van der Waals surface area contributed by atoms with E-state index < -0.39 is 5.97 Å². The molecule has 0 bridgehead atoms. The number of carbonyl (C=O) groups is 1. The van der Waals surface area contributed by atoms with E-state index in [-0.39, 0.29) is 5.75 Å². The Hall–Kier alpha value is -0.970. The number of hydrogen-bond donors (Lipinski definition) is 1. The van der Waals surface area contributed by atoms with Crippen LogP contribution in [0, 0.1) is 0 Å². The van der Waals surface area contributed by atoms with Crippen molar-refractivity contribution in [3.63, 3.8) is 0 Å². The topological polar surface area (TPSA) is 55.1 Å². The van der Waals surface area contributed by atoms with Crippen LogP contribution in [0.3, 0.4) is 0 Å². The van der Waals surface area contributed by atoms with Crippen LogP contribution in [0.5, 0.6) is 0 Å². The Balaban J connectivity index is 2.21. The molecule has 0 saturated carbocycles. The van der Waals surface area contributed by atoms with Crippen LogP contribution in [-0.2, 0) is 11.3 Å². The molecule has 102 valence electrons. The molecule has 0 aromatic carbocycles. The van der Waals surface area contributed by atoms with Gasteiger partial charge in [0.05, 0.1) is 5.75 Å². The number of nitrogens with zero attached hydrogens (tertiary/aromatic N) is 2. The Morgan fingerprint density at radius 1 is 1.33 bits per heavy atom. The van der Waals surface area contributed by atoms with E-state index in [2.05, 4.69) is 11.9 Å². The monoisotopic (exact) mass is 270 g/mol. The number of unbranched alkanes of at least 4 members (excludes halogenated alkanes) is 5. The zero-order valence-corrected chi connectivity index (χ0v) is 11.8. The lowest BCUT2D eigenvalue weighted by atomic mass is 10.1. The third-order valence-electron chi connectivity index (χ3n) is 2.75. The summed E-state index contributed by atoms with van der Waals surface area (Å²) in [4.78, 5) is 14.7. The van der Waals surface area contributed by atoms with E-state index in [1.165, 1.54) is 43.9 Å². The summed E-state index contributed by atoms with van der Waals surface area (Å²) in [5.74, 6) is -0.720. The van der Waals surface area contributed by atoms with Gasteiger partial charge >= 0.3 is 5.97 Å². The van der Waals surface area contributed by atoms with Gasteiger partial charge < -0.3 is 9.67 Å². The van der Waals surface area contributed by atoms with Crippen molar-refractivity contribution in [2.45, 2.75) is 57.1 Å². The molecule has 0 atom stereocenters. The van der Waals surface area contributed by atoms with Crippen LogP contribution in [0.25, 0.3) is 0 Å². The molecule has 4 nitrogen and oxygen atoms in total. The number of carboxylic acids is 1. The Bertz CT molecular complexity index is 353. The fraction of sp³-hybridized carbons (Fsp3) is 0.692.